The summed E-state index contributed by atoms with van der Waals surface area (Å²) in [6.07, 6.45) is 0. The van der Waals surface area contributed by atoms with Crippen LogP contribution in [0.2, 0.25) is 0 Å². The van der Waals surface area contributed by atoms with Crippen LogP contribution in [0.4, 0.5) is 0 Å². The maximum atomic E-state index is 10.0. The predicted molar refractivity (Wildman–Crippen MR) is 326 cm³/mol. The van der Waals surface area contributed by atoms with E-state index >= 15 is 0 Å². The molecule has 364 valence electrons. The van der Waals surface area contributed by atoms with Crippen molar-refractivity contribution >= 4 is 87.2 Å². The van der Waals surface area contributed by atoms with Gasteiger partial charge >= 0.3 is 0 Å². The van der Waals surface area contributed by atoms with Gasteiger partial charge in [0.15, 0.2) is 0 Å². The molecule has 0 atom stereocenters. The smallest absolute Gasteiger partial charge is 0.0992 e. The average molecular weight is 994 g/mol. The lowest BCUT2D eigenvalue weighted by Crippen LogP contribution is -1.97. The van der Waals surface area contributed by atoms with Crippen molar-refractivity contribution in [2.45, 2.75) is 0 Å². The molecule has 5 nitrogen and oxygen atoms in total. The van der Waals surface area contributed by atoms with Crippen LogP contribution in [0.5, 0.6) is 0 Å². The van der Waals surface area contributed by atoms with Crippen molar-refractivity contribution in [3.8, 4) is 51.1 Å². The molecule has 0 spiro atoms. The summed E-state index contributed by atoms with van der Waals surface area (Å²) >= 11 is 0. The van der Waals surface area contributed by atoms with Crippen LogP contribution >= 0.6 is 0 Å². The van der Waals surface area contributed by atoms with Crippen LogP contribution < -0.4 is 0 Å². The first-order valence-electron chi connectivity index (χ1n) is 26.5. The molecule has 0 N–H and O–H groups in total. The number of hydrogen-bond acceptors (Lipinski definition) is 1. The van der Waals surface area contributed by atoms with Crippen molar-refractivity contribution in [1.82, 2.24) is 18.3 Å². The van der Waals surface area contributed by atoms with Crippen LogP contribution in [-0.4, -0.2) is 18.3 Å². The van der Waals surface area contributed by atoms with Gasteiger partial charge in [-0.2, -0.15) is 5.26 Å². The quantitative estimate of drug-likeness (QED) is 0.164. The fourth-order valence-corrected chi connectivity index (χ4v) is 12.2. The third kappa shape index (κ3) is 7.23. The minimum absolute atomic E-state index is 0.636. The van der Waals surface area contributed by atoms with E-state index in [4.69, 9.17) is 0 Å². The van der Waals surface area contributed by atoms with Gasteiger partial charge in [0.05, 0.1) is 55.8 Å². The van der Waals surface area contributed by atoms with Gasteiger partial charge in [0.2, 0.25) is 0 Å². The van der Waals surface area contributed by atoms with Crippen molar-refractivity contribution in [2.24, 2.45) is 0 Å². The molecule has 0 fully saturated rings. The number of fused-ring (bicyclic) bond motifs is 12. The number of nitriles is 1. The highest BCUT2D eigenvalue weighted by Gasteiger charge is 2.18. The van der Waals surface area contributed by atoms with Gasteiger partial charge < -0.3 is 18.3 Å². The molecular weight excluding hydrogens is 947 g/mol. The molecule has 0 aliphatic carbocycles. The molecule has 5 heteroatoms. The van der Waals surface area contributed by atoms with Gasteiger partial charge in [0.1, 0.15) is 0 Å². The van der Waals surface area contributed by atoms with E-state index in [0.29, 0.717) is 5.56 Å². The Morgan fingerprint density at radius 1 is 0.205 bits per heavy atom. The van der Waals surface area contributed by atoms with E-state index in [2.05, 4.69) is 297 Å². The van der Waals surface area contributed by atoms with Crippen LogP contribution in [0, 0.1) is 11.3 Å². The largest absolute Gasteiger partial charge is 0.309 e. The third-order valence-corrected chi connectivity index (χ3v) is 15.6. The van der Waals surface area contributed by atoms with E-state index in [0.717, 1.165) is 33.5 Å². The summed E-state index contributed by atoms with van der Waals surface area (Å²) in [5, 5.41) is 20.0. The Hall–Kier alpha value is -10.7. The normalized spacial score (nSPS) is 11.6. The summed E-state index contributed by atoms with van der Waals surface area (Å²) in [6, 6.07) is 104. The Morgan fingerprint density at radius 2 is 0.436 bits per heavy atom. The van der Waals surface area contributed by atoms with Crippen LogP contribution in [-0.2, 0) is 0 Å². The molecule has 16 rings (SSSR count). The standard InChI is InChI=1S/C37H23N3.C36H24N2/c38-24-25-20-27(23-29(21-25)40-36-18-7-3-14-32(36)33-15-4-8-19-37(33)40)26-10-9-11-28(22-26)39-34-16-5-1-12-30(34)31-13-2-6-17-35(31)39;1-5-19-33-29(15-1)30-16-2-6-20-34(30)37(33)27-13-9-11-25(23-27)26-12-10-14-28(24-26)38-35-21-7-3-17-31(35)32-18-4-8-22-36(32)38/h1-23H;1-24H. The van der Waals surface area contributed by atoms with E-state index < -0.39 is 0 Å². The van der Waals surface area contributed by atoms with E-state index in [9.17, 15) is 5.26 Å². The lowest BCUT2D eigenvalue weighted by Gasteiger charge is -2.13. The molecule has 4 aromatic heterocycles. The zero-order valence-corrected chi connectivity index (χ0v) is 42.4. The first kappa shape index (κ1) is 44.8. The molecule has 0 aliphatic heterocycles. The molecule has 4 heterocycles. The van der Waals surface area contributed by atoms with Crippen molar-refractivity contribution < 1.29 is 0 Å². The number of aromatic nitrogens is 4. The highest BCUT2D eigenvalue weighted by molar-refractivity contribution is 6.12. The van der Waals surface area contributed by atoms with E-state index in [1.54, 1.807) is 0 Å². The van der Waals surface area contributed by atoms with E-state index in [1.165, 1.54) is 98.7 Å². The van der Waals surface area contributed by atoms with Crippen molar-refractivity contribution in [2.75, 3.05) is 0 Å². The molecule has 0 radical (unpaired) electrons. The Balaban J connectivity index is 0.000000136. The van der Waals surface area contributed by atoms with Gasteiger partial charge in [-0.05, 0) is 125 Å². The van der Waals surface area contributed by atoms with Crippen LogP contribution in [0.1, 0.15) is 5.56 Å². The average Bonchev–Trinajstić information content (AvgIpc) is 4.40. The van der Waals surface area contributed by atoms with Crippen LogP contribution in [0.3, 0.4) is 0 Å². The van der Waals surface area contributed by atoms with E-state index in [-0.39, 0.29) is 0 Å². The minimum atomic E-state index is 0.636. The Morgan fingerprint density at radius 3 is 0.705 bits per heavy atom. The lowest BCUT2D eigenvalue weighted by atomic mass is 10.0. The fourth-order valence-electron chi connectivity index (χ4n) is 12.2. The first-order valence-corrected chi connectivity index (χ1v) is 26.5. The second-order valence-corrected chi connectivity index (χ2v) is 20.0. The van der Waals surface area contributed by atoms with Gasteiger partial charge in [-0.25, -0.2) is 0 Å². The summed E-state index contributed by atoms with van der Waals surface area (Å²) in [5.41, 5.74) is 19.0. The molecule has 12 aromatic carbocycles. The molecule has 16 aromatic rings. The Labute approximate surface area is 450 Å². The van der Waals surface area contributed by atoms with Crippen LogP contribution in [0.15, 0.2) is 285 Å². The van der Waals surface area contributed by atoms with Gasteiger partial charge in [-0.1, -0.05) is 182 Å². The number of benzene rings is 12. The molecule has 0 bridgehead atoms. The number of nitrogens with zero attached hydrogens (tertiary/aromatic N) is 5. The van der Waals surface area contributed by atoms with E-state index in [1.807, 2.05) is 12.1 Å². The van der Waals surface area contributed by atoms with Gasteiger partial charge in [-0.15, -0.1) is 0 Å². The summed E-state index contributed by atoms with van der Waals surface area (Å²) in [4.78, 5) is 0. The molecule has 0 unspecified atom stereocenters. The zero-order chi connectivity index (χ0) is 51.7. The zero-order valence-electron chi connectivity index (χ0n) is 42.4. The number of hydrogen-bond donors (Lipinski definition) is 0. The van der Waals surface area contributed by atoms with Crippen molar-refractivity contribution in [3.63, 3.8) is 0 Å². The van der Waals surface area contributed by atoms with Gasteiger partial charge in [-0.3, -0.25) is 0 Å². The van der Waals surface area contributed by atoms with Gasteiger partial charge in [0.25, 0.3) is 0 Å². The molecule has 0 amide bonds. The molecule has 0 aliphatic rings. The monoisotopic (exact) mass is 993 g/mol. The summed E-state index contributed by atoms with van der Waals surface area (Å²) in [7, 11) is 0. The first-order chi connectivity index (χ1) is 38.7. The van der Waals surface area contributed by atoms with Crippen molar-refractivity contribution in [3.05, 3.63) is 291 Å². The second-order valence-electron chi connectivity index (χ2n) is 20.0. The highest BCUT2D eigenvalue weighted by Crippen LogP contribution is 2.39. The Bertz CT molecular complexity index is 4700. The number of para-hydroxylation sites is 8. The van der Waals surface area contributed by atoms with Crippen molar-refractivity contribution in [1.29, 1.82) is 5.26 Å². The molecular formula is C73H47N5. The third-order valence-electron chi connectivity index (χ3n) is 15.6. The fraction of sp³-hybridized carbons (Fsp3) is 0. The lowest BCUT2D eigenvalue weighted by molar-refractivity contribution is 1.17. The summed E-state index contributed by atoms with van der Waals surface area (Å²) in [5.74, 6) is 0. The topological polar surface area (TPSA) is 43.5 Å². The molecule has 78 heavy (non-hydrogen) atoms. The molecule has 0 saturated carbocycles. The molecule has 0 saturated heterocycles. The second kappa shape index (κ2) is 18.3. The number of rotatable bonds is 6. The summed E-state index contributed by atoms with van der Waals surface area (Å²) in [6.45, 7) is 0. The highest BCUT2D eigenvalue weighted by atomic mass is 15.0. The Kier molecular flexibility index (Phi) is 10.5. The van der Waals surface area contributed by atoms with Gasteiger partial charge in [0, 0.05) is 65.8 Å². The minimum Gasteiger partial charge on any atom is -0.309 e. The predicted octanol–water partition coefficient (Wildman–Crippen LogP) is 19.0. The summed E-state index contributed by atoms with van der Waals surface area (Å²) < 4.78 is 9.36. The van der Waals surface area contributed by atoms with Crippen LogP contribution in [0.25, 0.3) is 132 Å². The SMILES string of the molecule is N#Cc1cc(-c2cccc(-n3c4ccccc4c4ccccc43)c2)cc(-n2c3ccccc3c3ccccc32)c1.c1cc(-c2cccc(-n3c4ccccc4c4ccccc43)c2)cc(-n2c3ccccc3c3ccccc32)c1. The maximum Gasteiger partial charge on any atom is 0.0992 e. The maximum absolute atomic E-state index is 10.0.